The summed E-state index contributed by atoms with van der Waals surface area (Å²) in [5.41, 5.74) is -0.658. The summed E-state index contributed by atoms with van der Waals surface area (Å²) in [6.45, 7) is 5.29. The molecule has 110 valence electrons. The SMILES string of the molecule is CC(C)(C)NC(=O)CS(=O)c1cc(C(=O)O)ccc1F. The van der Waals surface area contributed by atoms with E-state index in [0.717, 1.165) is 18.2 Å². The van der Waals surface area contributed by atoms with Gasteiger partial charge in [0.25, 0.3) is 0 Å². The Hall–Kier alpha value is -1.76. The Bertz CT molecular complexity index is 566. The average molecular weight is 301 g/mol. The minimum absolute atomic E-state index is 0.175. The third-order valence-electron chi connectivity index (χ3n) is 2.20. The van der Waals surface area contributed by atoms with Gasteiger partial charge in [0.05, 0.1) is 21.3 Å². The lowest BCUT2D eigenvalue weighted by atomic mass is 10.1. The second-order valence-electron chi connectivity index (χ2n) is 5.24. The number of benzene rings is 1. The molecule has 0 bridgehead atoms. The number of rotatable bonds is 4. The molecule has 0 aromatic heterocycles. The van der Waals surface area contributed by atoms with Crippen molar-refractivity contribution >= 4 is 22.7 Å². The number of hydrogen-bond acceptors (Lipinski definition) is 3. The van der Waals surface area contributed by atoms with E-state index in [1.54, 1.807) is 20.8 Å². The molecule has 0 heterocycles. The molecule has 1 aromatic rings. The molecule has 0 aliphatic rings. The van der Waals surface area contributed by atoms with Gasteiger partial charge < -0.3 is 10.4 Å². The van der Waals surface area contributed by atoms with E-state index >= 15 is 0 Å². The molecule has 0 fully saturated rings. The lowest BCUT2D eigenvalue weighted by Crippen LogP contribution is -2.42. The highest BCUT2D eigenvalue weighted by Crippen LogP contribution is 2.15. The fraction of sp³-hybridized carbons (Fsp3) is 0.385. The summed E-state index contributed by atoms with van der Waals surface area (Å²) < 4.78 is 25.5. The van der Waals surface area contributed by atoms with Gasteiger partial charge in [-0.05, 0) is 39.0 Å². The molecule has 1 unspecified atom stereocenters. The molecular weight excluding hydrogens is 285 g/mol. The summed E-state index contributed by atoms with van der Waals surface area (Å²) in [7, 11) is -1.94. The molecule has 1 atom stereocenters. The molecule has 1 amide bonds. The molecule has 0 saturated carbocycles. The minimum Gasteiger partial charge on any atom is -0.478 e. The Morgan fingerprint density at radius 3 is 2.45 bits per heavy atom. The van der Waals surface area contributed by atoms with Crippen LogP contribution in [0.5, 0.6) is 0 Å². The van der Waals surface area contributed by atoms with Crippen molar-refractivity contribution in [2.24, 2.45) is 0 Å². The highest BCUT2D eigenvalue weighted by atomic mass is 32.2. The van der Waals surface area contributed by atoms with Crippen molar-refractivity contribution in [3.63, 3.8) is 0 Å². The number of carboxylic acids is 1. The zero-order chi connectivity index (χ0) is 15.5. The monoisotopic (exact) mass is 301 g/mol. The average Bonchev–Trinajstić information content (AvgIpc) is 2.26. The van der Waals surface area contributed by atoms with Crippen LogP contribution in [0, 0.1) is 5.82 Å². The van der Waals surface area contributed by atoms with E-state index in [1.165, 1.54) is 0 Å². The van der Waals surface area contributed by atoms with Crippen LogP contribution < -0.4 is 5.32 Å². The first-order valence-corrected chi connectivity index (χ1v) is 7.14. The van der Waals surface area contributed by atoms with Crippen LogP contribution in [0.1, 0.15) is 31.1 Å². The summed E-state index contributed by atoms with van der Waals surface area (Å²) in [6.07, 6.45) is 0. The fourth-order valence-corrected chi connectivity index (χ4v) is 2.47. The van der Waals surface area contributed by atoms with E-state index in [9.17, 15) is 18.2 Å². The maximum atomic E-state index is 13.6. The molecule has 0 spiro atoms. The third-order valence-corrected chi connectivity index (χ3v) is 3.53. The van der Waals surface area contributed by atoms with Crippen LogP contribution in [0.25, 0.3) is 0 Å². The number of carboxylic acid groups (broad SMARTS) is 1. The molecule has 0 saturated heterocycles. The van der Waals surface area contributed by atoms with Crippen LogP contribution >= 0.6 is 0 Å². The molecule has 2 N–H and O–H groups in total. The van der Waals surface area contributed by atoms with Crippen molar-refractivity contribution in [2.45, 2.75) is 31.2 Å². The van der Waals surface area contributed by atoms with Crippen molar-refractivity contribution in [1.29, 1.82) is 0 Å². The number of amides is 1. The molecule has 0 aliphatic heterocycles. The first-order valence-electron chi connectivity index (χ1n) is 5.82. The molecule has 20 heavy (non-hydrogen) atoms. The van der Waals surface area contributed by atoms with Crippen molar-refractivity contribution in [1.82, 2.24) is 5.32 Å². The van der Waals surface area contributed by atoms with E-state index in [1.807, 2.05) is 0 Å². The lowest BCUT2D eigenvalue weighted by Gasteiger charge is -2.20. The van der Waals surface area contributed by atoms with E-state index in [-0.39, 0.29) is 10.5 Å². The predicted molar refractivity (Wildman–Crippen MR) is 72.5 cm³/mol. The van der Waals surface area contributed by atoms with E-state index < -0.39 is 39.8 Å². The van der Waals surface area contributed by atoms with Crippen LogP contribution in [0.2, 0.25) is 0 Å². The van der Waals surface area contributed by atoms with E-state index in [2.05, 4.69) is 5.32 Å². The molecular formula is C13H16FNO4S. The predicted octanol–water partition coefficient (Wildman–Crippen LogP) is 1.55. The second kappa shape index (κ2) is 6.13. The summed E-state index contributed by atoms with van der Waals surface area (Å²) in [4.78, 5) is 22.1. The van der Waals surface area contributed by atoms with Crippen LogP contribution in [0.3, 0.4) is 0 Å². The Kier molecular flexibility index (Phi) is 4.99. The molecule has 0 aliphatic carbocycles. The largest absolute Gasteiger partial charge is 0.478 e. The molecule has 5 nitrogen and oxygen atoms in total. The van der Waals surface area contributed by atoms with Gasteiger partial charge in [-0.25, -0.2) is 9.18 Å². The van der Waals surface area contributed by atoms with E-state index in [4.69, 9.17) is 5.11 Å². The number of carbonyl (C=O) groups is 2. The van der Waals surface area contributed by atoms with Gasteiger partial charge in [0.1, 0.15) is 11.6 Å². The number of hydrogen-bond donors (Lipinski definition) is 2. The van der Waals surface area contributed by atoms with Gasteiger partial charge in [0.15, 0.2) is 0 Å². The molecule has 1 aromatic carbocycles. The highest BCUT2D eigenvalue weighted by Gasteiger charge is 2.19. The van der Waals surface area contributed by atoms with Gasteiger partial charge in [-0.3, -0.25) is 9.00 Å². The minimum atomic E-state index is -1.94. The topological polar surface area (TPSA) is 83.5 Å². The Labute approximate surface area is 118 Å². The number of aromatic carboxylic acids is 1. The molecule has 7 heteroatoms. The van der Waals surface area contributed by atoms with Gasteiger partial charge in [-0.15, -0.1) is 0 Å². The molecule has 1 rings (SSSR count). The maximum Gasteiger partial charge on any atom is 0.335 e. The van der Waals surface area contributed by atoms with Gasteiger partial charge in [0.2, 0.25) is 5.91 Å². The summed E-state index contributed by atoms with van der Waals surface area (Å²) in [5.74, 6) is -2.95. The quantitative estimate of drug-likeness (QED) is 0.883. The Morgan fingerprint density at radius 2 is 1.95 bits per heavy atom. The summed E-state index contributed by atoms with van der Waals surface area (Å²) in [6, 6.07) is 2.99. The summed E-state index contributed by atoms with van der Waals surface area (Å²) >= 11 is 0. The molecule has 0 radical (unpaired) electrons. The van der Waals surface area contributed by atoms with Gasteiger partial charge in [0, 0.05) is 5.54 Å². The van der Waals surface area contributed by atoms with Gasteiger partial charge in [-0.2, -0.15) is 0 Å². The smallest absolute Gasteiger partial charge is 0.335 e. The van der Waals surface area contributed by atoms with Crippen LogP contribution in [0.15, 0.2) is 23.1 Å². The fourth-order valence-electron chi connectivity index (χ4n) is 1.46. The number of carbonyl (C=O) groups excluding carboxylic acids is 1. The van der Waals surface area contributed by atoms with Crippen LogP contribution in [0.4, 0.5) is 4.39 Å². The van der Waals surface area contributed by atoms with Crippen molar-refractivity contribution in [3.8, 4) is 0 Å². The van der Waals surface area contributed by atoms with Crippen molar-refractivity contribution in [3.05, 3.63) is 29.6 Å². The zero-order valence-corrected chi connectivity index (χ0v) is 12.2. The first-order chi connectivity index (χ1) is 9.10. The first kappa shape index (κ1) is 16.3. The Morgan fingerprint density at radius 1 is 1.35 bits per heavy atom. The number of halogens is 1. The van der Waals surface area contributed by atoms with Crippen LogP contribution in [-0.2, 0) is 15.6 Å². The van der Waals surface area contributed by atoms with Gasteiger partial charge >= 0.3 is 5.97 Å². The number of nitrogens with one attached hydrogen (secondary N) is 1. The van der Waals surface area contributed by atoms with Gasteiger partial charge in [-0.1, -0.05) is 0 Å². The maximum absolute atomic E-state index is 13.6. The standard InChI is InChI=1S/C13H16FNO4S/c1-13(2,3)15-11(16)7-20(19)10-6-8(12(17)18)4-5-9(10)14/h4-6H,7H2,1-3H3,(H,15,16)(H,17,18). The second-order valence-corrected chi connectivity index (χ2v) is 6.66. The third kappa shape index (κ3) is 4.73. The zero-order valence-electron chi connectivity index (χ0n) is 11.4. The normalized spacial score (nSPS) is 12.8. The van der Waals surface area contributed by atoms with Crippen molar-refractivity contribution < 1.29 is 23.3 Å². The summed E-state index contributed by atoms with van der Waals surface area (Å²) in [5, 5.41) is 11.4. The van der Waals surface area contributed by atoms with E-state index in [0.29, 0.717) is 0 Å². The lowest BCUT2D eigenvalue weighted by molar-refractivity contribution is -0.119. The van der Waals surface area contributed by atoms with Crippen molar-refractivity contribution in [2.75, 3.05) is 5.75 Å². The Balaban J connectivity index is 2.90. The van der Waals surface area contributed by atoms with Crippen LogP contribution in [-0.4, -0.2) is 32.5 Å². The highest BCUT2D eigenvalue weighted by molar-refractivity contribution is 7.85.